The third kappa shape index (κ3) is 6.36. The molecule has 1 aliphatic carbocycles. The van der Waals surface area contributed by atoms with Crippen LogP contribution >= 0.6 is 23.2 Å². The molecule has 0 radical (unpaired) electrons. The fraction of sp³-hybridized carbons (Fsp3) is 0.346. The Hall–Kier alpha value is -4.18. The van der Waals surface area contributed by atoms with Gasteiger partial charge in [0.25, 0.3) is 17.6 Å². The summed E-state index contributed by atoms with van der Waals surface area (Å²) in [7, 11) is 0. The van der Waals surface area contributed by atoms with Crippen molar-refractivity contribution < 1.29 is 31.5 Å². The van der Waals surface area contributed by atoms with Gasteiger partial charge in [-0.1, -0.05) is 23.2 Å². The minimum absolute atomic E-state index is 0.00506. The fourth-order valence-corrected chi connectivity index (χ4v) is 4.81. The first-order valence-electron chi connectivity index (χ1n) is 13.0. The lowest BCUT2D eigenvalue weighted by molar-refractivity contribution is -0.292. The summed E-state index contributed by atoms with van der Waals surface area (Å²) < 4.78 is 66.7. The van der Waals surface area contributed by atoms with E-state index in [0.717, 1.165) is 17.5 Å². The number of anilines is 1. The molecule has 1 fully saturated rings. The summed E-state index contributed by atoms with van der Waals surface area (Å²) in [5.41, 5.74) is 0.539. The third-order valence-electron chi connectivity index (χ3n) is 6.80. The largest absolute Gasteiger partial charge is 0.461 e. The van der Waals surface area contributed by atoms with E-state index >= 15 is 0 Å². The molecule has 1 saturated carbocycles. The summed E-state index contributed by atoms with van der Waals surface area (Å²) >= 11 is 12.5. The van der Waals surface area contributed by atoms with Crippen molar-refractivity contribution in [2.45, 2.75) is 51.4 Å². The first kappa shape index (κ1) is 31.3. The first-order chi connectivity index (χ1) is 20.7. The van der Waals surface area contributed by atoms with Crippen molar-refractivity contribution in [2.75, 3.05) is 5.32 Å². The second-order valence-corrected chi connectivity index (χ2v) is 11.0. The van der Waals surface area contributed by atoms with E-state index in [0.29, 0.717) is 16.3 Å². The highest BCUT2D eigenvalue weighted by atomic mass is 35.5. The highest BCUT2D eigenvalue weighted by Crippen LogP contribution is 2.42. The SMILES string of the molecule is Cc1cc(Cl)cc(C(=O)NC(C)C2CC2)c1NC(=O)c1cc(Cn2nnc(C(F)(F)C(F)(F)F)n2)nn1-c1ncccc1Cl. The van der Waals surface area contributed by atoms with Crippen molar-refractivity contribution in [3.8, 4) is 5.82 Å². The second kappa shape index (κ2) is 11.7. The van der Waals surface area contributed by atoms with Crippen LogP contribution in [0.15, 0.2) is 36.5 Å². The maximum absolute atomic E-state index is 13.7. The molecule has 4 aromatic rings. The number of alkyl halides is 5. The fourth-order valence-electron chi connectivity index (χ4n) is 4.34. The Bertz CT molecular complexity index is 1740. The molecule has 2 N–H and O–H groups in total. The predicted molar refractivity (Wildman–Crippen MR) is 147 cm³/mol. The predicted octanol–water partition coefficient (Wildman–Crippen LogP) is 5.35. The van der Waals surface area contributed by atoms with Crippen LogP contribution < -0.4 is 10.6 Å². The monoisotopic (exact) mass is 657 g/mol. The van der Waals surface area contributed by atoms with Crippen LogP contribution in [0.1, 0.15) is 57.7 Å². The Morgan fingerprint density at radius 3 is 2.48 bits per heavy atom. The number of amides is 2. The molecule has 1 unspecified atom stereocenters. The standard InChI is InChI=1S/C26H22Cl2F5N9O2/c1-12-8-15(27)9-17(22(43)35-13(2)14-5-6-14)20(12)36-23(44)19-10-16(38-42(19)21-18(28)4-3-7-34-21)11-41-39-24(37-40-41)25(29,30)26(31,32)33/h3-4,7-10,13-14H,5-6,11H2,1-2H3,(H,35,43)(H,36,44). The zero-order chi connectivity index (χ0) is 32.0. The Morgan fingerprint density at radius 2 is 1.82 bits per heavy atom. The molecule has 1 atom stereocenters. The van der Waals surface area contributed by atoms with Crippen molar-refractivity contribution in [1.29, 1.82) is 0 Å². The van der Waals surface area contributed by atoms with E-state index in [-0.39, 0.29) is 44.5 Å². The van der Waals surface area contributed by atoms with Crippen LogP contribution in [0.5, 0.6) is 0 Å². The summed E-state index contributed by atoms with van der Waals surface area (Å²) in [5, 5.41) is 19.5. The number of carbonyl (C=O) groups is 2. The summed E-state index contributed by atoms with van der Waals surface area (Å²) in [6.07, 6.45) is -2.56. The molecule has 0 bridgehead atoms. The van der Waals surface area contributed by atoms with E-state index < -0.39 is 36.3 Å². The molecule has 1 aliphatic rings. The Labute approximate surface area is 255 Å². The molecule has 1 aromatic carbocycles. The average molecular weight is 658 g/mol. The molecular weight excluding hydrogens is 636 g/mol. The van der Waals surface area contributed by atoms with Gasteiger partial charge < -0.3 is 10.6 Å². The van der Waals surface area contributed by atoms with Crippen molar-refractivity contribution in [1.82, 2.24) is 40.3 Å². The number of carbonyl (C=O) groups excluding carboxylic acids is 2. The summed E-state index contributed by atoms with van der Waals surface area (Å²) in [6, 6.07) is 7.10. The van der Waals surface area contributed by atoms with Crippen LogP contribution in [0.4, 0.5) is 27.6 Å². The van der Waals surface area contributed by atoms with Gasteiger partial charge in [-0.2, -0.15) is 31.8 Å². The quantitative estimate of drug-likeness (QED) is 0.232. The number of benzene rings is 1. The second-order valence-electron chi connectivity index (χ2n) is 10.2. The van der Waals surface area contributed by atoms with Gasteiger partial charge in [0.15, 0.2) is 5.82 Å². The number of aryl methyl sites for hydroxylation is 1. The van der Waals surface area contributed by atoms with Crippen LogP contribution in [0.2, 0.25) is 10.0 Å². The molecule has 0 aliphatic heterocycles. The number of rotatable bonds is 9. The average Bonchev–Trinajstić information content (AvgIpc) is 3.55. The molecule has 3 aromatic heterocycles. The summed E-state index contributed by atoms with van der Waals surface area (Å²) in [6.45, 7) is 2.98. The van der Waals surface area contributed by atoms with Crippen LogP contribution in [0.25, 0.3) is 5.82 Å². The number of tetrazole rings is 1. The normalized spacial score (nSPS) is 14.4. The zero-order valence-electron chi connectivity index (χ0n) is 22.8. The number of aromatic nitrogens is 7. The topological polar surface area (TPSA) is 133 Å². The van der Waals surface area contributed by atoms with E-state index in [1.807, 2.05) is 6.92 Å². The smallest absolute Gasteiger partial charge is 0.349 e. The molecule has 0 spiro atoms. The lowest BCUT2D eigenvalue weighted by Gasteiger charge is -2.18. The highest BCUT2D eigenvalue weighted by molar-refractivity contribution is 6.32. The van der Waals surface area contributed by atoms with Crippen molar-refractivity contribution in [3.63, 3.8) is 0 Å². The Morgan fingerprint density at radius 1 is 1.09 bits per heavy atom. The van der Waals surface area contributed by atoms with Crippen molar-refractivity contribution >= 4 is 40.7 Å². The number of halogens is 7. The molecule has 11 nitrogen and oxygen atoms in total. The van der Waals surface area contributed by atoms with Gasteiger partial charge in [-0.3, -0.25) is 9.59 Å². The summed E-state index contributed by atoms with van der Waals surface area (Å²) in [4.78, 5) is 31.5. The van der Waals surface area contributed by atoms with Crippen LogP contribution in [0, 0.1) is 12.8 Å². The number of hydrogen-bond donors (Lipinski definition) is 2. The van der Waals surface area contributed by atoms with Crippen molar-refractivity contribution in [2.24, 2.45) is 5.92 Å². The van der Waals surface area contributed by atoms with Gasteiger partial charge in [0, 0.05) is 17.3 Å². The van der Waals surface area contributed by atoms with E-state index in [2.05, 4.69) is 36.1 Å². The maximum atomic E-state index is 13.7. The third-order valence-corrected chi connectivity index (χ3v) is 7.31. The first-order valence-corrected chi connectivity index (χ1v) is 13.8. The summed E-state index contributed by atoms with van der Waals surface area (Å²) in [5.74, 6) is -8.05. The van der Waals surface area contributed by atoms with Gasteiger partial charge >= 0.3 is 12.1 Å². The lowest BCUT2D eigenvalue weighted by Crippen LogP contribution is -2.35. The molecule has 0 saturated heterocycles. The van der Waals surface area contributed by atoms with E-state index in [4.69, 9.17) is 23.2 Å². The molecule has 5 rings (SSSR count). The Balaban J connectivity index is 1.49. The number of hydrogen-bond acceptors (Lipinski definition) is 7. The zero-order valence-corrected chi connectivity index (χ0v) is 24.3. The molecule has 2 amide bonds. The molecule has 232 valence electrons. The van der Waals surface area contributed by atoms with Gasteiger partial charge in [0.05, 0.1) is 22.0 Å². The number of nitrogens with one attached hydrogen (secondary N) is 2. The molecular formula is C26H22Cl2F5N9O2. The lowest BCUT2D eigenvalue weighted by atomic mass is 10.1. The molecule has 3 heterocycles. The maximum Gasteiger partial charge on any atom is 0.461 e. The van der Waals surface area contributed by atoms with Crippen LogP contribution in [-0.2, 0) is 12.5 Å². The number of nitrogens with zero attached hydrogens (tertiary/aromatic N) is 7. The van der Waals surface area contributed by atoms with Gasteiger partial charge in [0.1, 0.15) is 12.2 Å². The van der Waals surface area contributed by atoms with E-state index in [9.17, 15) is 31.5 Å². The number of pyridine rings is 1. The van der Waals surface area contributed by atoms with E-state index in [1.165, 1.54) is 30.5 Å². The van der Waals surface area contributed by atoms with Crippen molar-refractivity contribution in [3.05, 3.63) is 74.9 Å². The van der Waals surface area contributed by atoms with Crippen LogP contribution in [-0.4, -0.2) is 59.0 Å². The molecule has 44 heavy (non-hydrogen) atoms. The van der Waals surface area contributed by atoms with Crippen LogP contribution in [0.3, 0.4) is 0 Å². The van der Waals surface area contributed by atoms with Gasteiger partial charge in [-0.15, -0.1) is 10.2 Å². The Kier molecular flexibility index (Phi) is 8.33. The highest BCUT2D eigenvalue weighted by Gasteiger charge is 2.62. The minimum Gasteiger partial charge on any atom is -0.349 e. The van der Waals surface area contributed by atoms with E-state index in [1.54, 1.807) is 13.0 Å². The minimum atomic E-state index is -5.94. The van der Waals surface area contributed by atoms with Gasteiger partial charge in [-0.25, -0.2) is 9.67 Å². The molecule has 18 heteroatoms. The van der Waals surface area contributed by atoms with Gasteiger partial charge in [0.2, 0.25) is 0 Å². The van der Waals surface area contributed by atoms with Gasteiger partial charge in [-0.05, 0) is 73.7 Å².